The molecule has 5 heteroatoms. The molecule has 0 saturated heterocycles. The molecule has 1 N–H and O–H groups in total. The van der Waals surface area contributed by atoms with Gasteiger partial charge in [0.2, 0.25) is 0 Å². The maximum absolute atomic E-state index is 6.09. The van der Waals surface area contributed by atoms with Crippen LogP contribution in [-0.2, 0) is 6.54 Å². The minimum atomic E-state index is 0. The van der Waals surface area contributed by atoms with E-state index in [9.17, 15) is 0 Å². The molecular weight excluding hydrogens is 280 g/mol. The molecule has 0 amide bonds. The van der Waals surface area contributed by atoms with Crippen LogP contribution in [-0.4, -0.2) is 12.6 Å². The van der Waals surface area contributed by atoms with Crippen LogP contribution in [0.1, 0.15) is 26.3 Å². The van der Waals surface area contributed by atoms with Crippen LogP contribution < -0.4 is 22.5 Å². The molecule has 1 rings (SSSR count). The Morgan fingerprint density at radius 1 is 1.29 bits per heavy atom. The molecule has 0 radical (unpaired) electrons. The van der Waals surface area contributed by atoms with Crippen molar-refractivity contribution in [3.8, 4) is 5.75 Å². The summed E-state index contributed by atoms with van der Waals surface area (Å²) >= 11 is 12.1. The van der Waals surface area contributed by atoms with Crippen molar-refractivity contribution in [3.63, 3.8) is 0 Å². The molecule has 1 aromatic rings. The minimum absolute atomic E-state index is 0. The van der Waals surface area contributed by atoms with Crippen molar-refractivity contribution in [2.75, 3.05) is 6.61 Å². The molecule has 0 fully saturated rings. The first-order chi connectivity index (χ1) is 7.54. The Morgan fingerprint density at radius 2 is 1.94 bits per heavy atom. The average molecular weight is 298 g/mol. The van der Waals surface area contributed by atoms with Gasteiger partial charge in [-0.05, 0) is 19.1 Å². The summed E-state index contributed by atoms with van der Waals surface area (Å²) in [5.41, 5.74) is 0.994. The summed E-state index contributed by atoms with van der Waals surface area (Å²) < 4.78 is 5.52. The van der Waals surface area contributed by atoms with Crippen LogP contribution in [0.15, 0.2) is 12.1 Å². The highest BCUT2D eigenvalue weighted by atomic mass is 35.5. The fraction of sp³-hybridized carbons (Fsp3) is 0.500. The molecule has 0 aromatic heterocycles. The number of hydrogen-bond acceptors (Lipinski definition) is 2. The number of benzene rings is 1. The summed E-state index contributed by atoms with van der Waals surface area (Å²) in [5, 5.41) is 4.52. The second-order valence-corrected chi connectivity index (χ2v) is 4.69. The Kier molecular flexibility index (Phi) is 7.97. The van der Waals surface area contributed by atoms with Crippen molar-refractivity contribution in [1.29, 1.82) is 0 Å². The van der Waals surface area contributed by atoms with E-state index in [0.717, 1.165) is 11.3 Å². The van der Waals surface area contributed by atoms with Gasteiger partial charge >= 0.3 is 0 Å². The van der Waals surface area contributed by atoms with Crippen LogP contribution in [0.25, 0.3) is 0 Å². The van der Waals surface area contributed by atoms with Gasteiger partial charge in [0, 0.05) is 23.2 Å². The van der Waals surface area contributed by atoms with Gasteiger partial charge < -0.3 is 22.5 Å². The molecule has 0 spiro atoms. The van der Waals surface area contributed by atoms with Crippen LogP contribution in [0.3, 0.4) is 0 Å². The van der Waals surface area contributed by atoms with Gasteiger partial charge in [-0.1, -0.05) is 37.0 Å². The van der Waals surface area contributed by atoms with Crippen molar-refractivity contribution in [2.45, 2.75) is 33.4 Å². The maximum atomic E-state index is 6.09. The third-order valence-corrected chi connectivity index (χ3v) is 2.57. The van der Waals surface area contributed by atoms with E-state index in [1.54, 1.807) is 6.07 Å². The highest BCUT2D eigenvalue weighted by Crippen LogP contribution is 2.32. The fourth-order valence-electron chi connectivity index (χ4n) is 1.37. The smallest absolute Gasteiger partial charge is 0.142 e. The second-order valence-electron chi connectivity index (χ2n) is 3.84. The lowest BCUT2D eigenvalue weighted by atomic mass is 10.2. The van der Waals surface area contributed by atoms with E-state index in [2.05, 4.69) is 19.2 Å². The lowest BCUT2D eigenvalue weighted by Crippen LogP contribution is -3.00. The number of hydrogen-bond donors (Lipinski definition) is 1. The van der Waals surface area contributed by atoms with Crippen LogP contribution >= 0.6 is 23.2 Å². The number of rotatable bonds is 5. The average Bonchev–Trinajstić information content (AvgIpc) is 2.19. The van der Waals surface area contributed by atoms with Gasteiger partial charge in [-0.25, -0.2) is 0 Å². The molecule has 0 aliphatic carbocycles. The van der Waals surface area contributed by atoms with Crippen LogP contribution in [0.5, 0.6) is 5.75 Å². The Bertz CT molecular complexity index is 356. The predicted molar refractivity (Wildman–Crippen MR) is 69.6 cm³/mol. The highest BCUT2D eigenvalue weighted by Gasteiger charge is 2.10. The minimum Gasteiger partial charge on any atom is -1.00 e. The summed E-state index contributed by atoms with van der Waals surface area (Å²) in [7, 11) is 0. The van der Waals surface area contributed by atoms with Crippen molar-refractivity contribution in [3.05, 3.63) is 27.7 Å². The Labute approximate surface area is 119 Å². The third kappa shape index (κ3) is 5.35. The van der Waals surface area contributed by atoms with E-state index in [1.807, 2.05) is 13.0 Å². The number of nitrogens with one attached hydrogen (secondary N) is 1. The summed E-state index contributed by atoms with van der Waals surface area (Å²) in [6.07, 6.45) is 0. The van der Waals surface area contributed by atoms with Gasteiger partial charge in [0.25, 0.3) is 0 Å². The quantitative estimate of drug-likeness (QED) is 0.872. The van der Waals surface area contributed by atoms with Gasteiger partial charge in [-0.2, -0.15) is 0 Å². The Hall–Kier alpha value is -0.150. The van der Waals surface area contributed by atoms with E-state index in [0.29, 0.717) is 29.2 Å². The van der Waals surface area contributed by atoms with Crippen LogP contribution in [0.4, 0.5) is 0 Å². The summed E-state index contributed by atoms with van der Waals surface area (Å²) in [6.45, 7) is 7.41. The zero-order valence-corrected chi connectivity index (χ0v) is 12.5. The largest absolute Gasteiger partial charge is 1.00 e. The van der Waals surface area contributed by atoms with Gasteiger partial charge in [0.05, 0.1) is 11.6 Å². The lowest BCUT2D eigenvalue weighted by Gasteiger charge is -2.14. The van der Waals surface area contributed by atoms with E-state index in [4.69, 9.17) is 27.9 Å². The van der Waals surface area contributed by atoms with E-state index < -0.39 is 0 Å². The fourth-order valence-corrected chi connectivity index (χ4v) is 1.96. The van der Waals surface area contributed by atoms with Gasteiger partial charge in [0.15, 0.2) is 0 Å². The first-order valence-corrected chi connectivity index (χ1v) is 6.14. The lowest BCUT2D eigenvalue weighted by molar-refractivity contribution is -0.00000393. The highest BCUT2D eigenvalue weighted by molar-refractivity contribution is 6.35. The summed E-state index contributed by atoms with van der Waals surface area (Å²) in [6, 6.07) is 3.99. The Balaban J connectivity index is 0.00000256. The van der Waals surface area contributed by atoms with Crippen molar-refractivity contribution >= 4 is 23.2 Å². The Morgan fingerprint density at radius 3 is 2.47 bits per heavy atom. The molecule has 98 valence electrons. The number of halogens is 3. The molecule has 0 saturated carbocycles. The molecule has 2 nitrogen and oxygen atoms in total. The second kappa shape index (κ2) is 8.04. The third-order valence-electron chi connectivity index (χ3n) is 2.07. The molecule has 0 unspecified atom stereocenters. The van der Waals surface area contributed by atoms with E-state index in [-0.39, 0.29) is 12.4 Å². The summed E-state index contributed by atoms with van der Waals surface area (Å²) in [4.78, 5) is 0. The molecule has 0 atom stereocenters. The number of ether oxygens (including phenoxy) is 1. The zero-order valence-electron chi connectivity index (χ0n) is 10.2. The zero-order chi connectivity index (χ0) is 12.1. The van der Waals surface area contributed by atoms with Crippen molar-refractivity contribution < 1.29 is 17.1 Å². The van der Waals surface area contributed by atoms with Gasteiger partial charge in [-0.3, -0.25) is 0 Å². The van der Waals surface area contributed by atoms with Gasteiger partial charge in [0.1, 0.15) is 5.75 Å². The molecule has 0 aliphatic rings. The topological polar surface area (TPSA) is 21.3 Å². The van der Waals surface area contributed by atoms with Crippen molar-refractivity contribution in [2.24, 2.45) is 0 Å². The first kappa shape index (κ1) is 16.9. The van der Waals surface area contributed by atoms with E-state index in [1.165, 1.54) is 0 Å². The summed E-state index contributed by atoms with van der Waals surface area (Å²) in [5.74, 6) is 0.724. The SMILES string of the molecule is CCOc1c(Cl)cc(Cl)cc1CNC(C)C.[Cl-]. The van der Waals surface area contributed by atoms with Gasteiger partial charge in [-0.15, -0.1) is 0 Å². The molecule has 1 aromatic carbocycles. The molecule has 17 heavy (non-hydrogen) atoms. The normalized spacial score (nSPS) is 10.2. The first-order valence-electron chi connectivity index (χ1n) is 5.38. The van der Waals surface area contributed by atoms with E-state index >= 15 is 0 Å². The van der Waals surface area contributed by atoms with Crippen molar-refractivity contribution in [1.82, 2.24) is 5.32 Å². The molecule has 0 bridgehead atoms. The standard InChI is InChI=1S/C12H17Cl2NO.ClH/c1-4-16-12-9(7-15-8(2)3)5-10(13)6-11(12)14;/h5-6,8,15H,4,7H2,1-3H3;1H/p-1. The maximum Gasteiger partial charge on any atom is 0.142 e. The van der Waals surface area contributed by atoms with Crippen LogP contribution in [0.2, 0.25) is 10.0 Å². The molecule has 0 aliphatic heterocycles. The molecular formula is C12H17Cl3NO-. The monoisotopic (exact) mass is 296 g/mol. The van der Waals surface area contributed by atoms with Crippen LogP contribution in [0, 0.1) is 0 Å². The predicted octanol–water partition coefficient (Wildman–Crippen LogP) is 0.894. The molecule has 0 heterocycles.